The van der Waals surface area contributed by atoms with E-state index in [4.69, 9.17) is 4.74 Å². The Balaban J connectivity index is 1.68. The van der Waals surface area contributed by atoms with E-state index in [1.165, 1.54) is 12.1 Å². The first kappa shape index (κ1) is 22.4. The van der Waals surface area contributed by atoms with E-state index >= 15 is 0 Å². The smallest absolute Gasteiger partial charge is 0.345 e. The standard InChI is InChI=1S/C27H23NO4P/c29-27(32-20-22-16-18-23(19-17-22)28(30)31)21-33(24-10-4-1-5-11-24,25-12-6-2-7-13-25)26-14-8-3-9-15-26/h1-19H,20-21H2/q+1. The maximum atomic E-state index is 13.2. The number of carbonyl (C=O) groups excluding carboxylic acids is 1. The summed E-state index contributed by atoms with van der Waals surface area (Å²) in [6.45, 7) is 0.0647. The first-order chi connectivity index (χ1) is 16.1. The van der Waals surface area contributed by atoms with Gasteiger partial charge in [-0.2, -0.15) is 0 Å². The number of esters is 1. The summed E-state index contributed by atoms with van der Waals surface area (Å²) >= 11 is 0. The van der Waals surface area contributed by atoms with Gasteiger partial charge < -0.3 is 4.74 Å². The molecule has 0 aliphatic carbocycles. The number of rotatable bonds is 8. The van der Waals surface area contributed by atoms with Crippen LogP contribution in [0.3, 0.4) is 0 Å². The number of carbonyl (C=O) groups is 1. The average Bonchev–Trinajstić information content (AvgIpc) is 2.88. The van der Waals surface area contributed by atoms with Crippen LogP contribution in [0.5, 0.6) is 0 Å². The molecular formula is C27H23NO4P+. The molecule has 4 aromatic carbocycles. The van der Waals surface area contributed by atoms with Gasteiger partial charge in [-0.05, 0) is 54.1 Å². The lowest BCUT2D eigenvalue weighted by Gasteiger charge is -2.26. The van der Waals surface area contributed by atoms with Crippen molar-refractivity contribution in [2.75, 3.05) is 6.16 Å². The van der Waals surface area contributed by atoms with Crippen LogP contribution in [-0.4, -0.2) is 17.1 Å². The Morgan fingerprint density at radius 1 is 0.697 bits per heavy atom. The maximum absolute atomic E-state index is 13.2. The van der Waals surface area contributed by atoms with Crippen LogP contribution < -0.4 is 15.9 Å². The highest BCUT2D eigenvalue weighted by atomic mass is 31.2. The van der Waals surface area contributed by atoms with Crippen molar-refractivity contribution in [1.82, 2.24) is 0 Å². The van der Waals surface area contributed by atoms with Crippen LogP contribution in [0.4, 0.5) is 5.69 Å². The zero-order chi connectivity index (χ0) is 23.1. The zero-order valence-corrected chi connectivity index (χ0v) is 18.8. The fraction of sp³-hybridized carbons (Fsp3) is 0.0741. The van der Waals surface area contributed by atoms with Gasteiger partial charge >= 0.3 is 5.97 Å². The van der Waals surface area contributed by atoms with E-state index in [1.807, 2.05) is 54.6 Å². The van der Waals surface area contributed by atoms with Crippen LogP contribution in [0, 0.1) is 10.1 Å². The predicted octanol–water partition coefficient (Wildman–Crippen LogP) is 4.63. The third-order valence-electron chi connectivity index (χ3n) is 5.50. The van der Waals surface area contributed by atoms with Crippen LogP contribution in [-0.2, 0) is 16.1 Å². The molecule has 0 saturated heterocycles. The SMILES string of the molecule is O=C(C[P+](c1ccccc1)(c1ccccc1)c1ccccc1)OCc1ccc([N+](=O)[O-])cc1. The Morgan fingerprint density at radius 3 is 1.52 bits per heavy atom. The summed E-state index contributed by atoms with van der Waals surface area (Å²) < 4.78 is 5.67. The van der Waals surface area contributed by atoms with Crippen molar-refractivity contribution in [2.24, 2.45) is 0 Å². The highest BCUT2D eigenvalue weighted by molar-refractivity contribution is 7.96. The summed E-state index contributed by atoms with van der Waals surface area (Å²) in [7, 11) is -2.32. The van der Waals surface area contributed by atoms with Gasteiger partial charge in [-0.15, -0.1) is 0 Å². The first-order valence-electron chi connectivity index (χ1n) is 10.5. The molecule has 164 valence electrons. The summed E-state index contributed by atoms with van der Waals surface area (Å²) in [5.74, 6) is -0.307. The molecule has 5 nitrogen and oxygen atoms in total. The van der Waals surface area contributed by atoms with Gasteiger partial charge in [0.25, 0.3) is 5.69 Å². The molecule has 0 amide bonds. The molecular weight excluding hydrogens is 433 g/mol. The minimum Gasteiger partial charge on any atom is -0.458 e. The number of ether oxygens (including phenoxy) is 1. The van der Waals surface area contributed by atoms with Crippen LogP contribution >= 0.6 is 7.26 Å². The third-order valence-corrected chi connectivity index (χ3v) is 9.78. The largest absolute Gasteiger partial charge is 0.458 e. The Hall–Kier alpha value is -3.82. The lowest BCUT2D eigenvalue weighted by molar-refractivity contribution is -0.384. The second kappa shape index (κ2) is 10.2. The molecule has 0 aromatic heterocycles. The molecule has 0 N–H and O–H groups in total. The van der Waals surface area contributed by atoms with Gasteiger partial charge in [-0.25, -0.2) is 4.79 Å². The number of hydrogen-bond acceptors (Lipinski definition) is 4. The molecule has 33 heavy (non-hydrogen) atoms. The Bertz CT molecular complexity index is 1120. The van der Waals surface area contributed by atoms with E-state index in [-0.39, 0.29) is 24.4 Å². The van der Waals surface area contributed by atoms with Gasteiger partial charge in [0, 0.05) is 12.1 Å². The van der Waals surface area contributed by atoms with Crippen molar-refractivity contribution in [3.05, 3.63) is 131 Å². The quantitative estimate of drug-likeness (QED) is 0.168. The summed E-state index contributed by atoms with van der Waals surface area (Å²) in [6.07, 6.45) is 0.220. The molecule has 0 heterocycles. The Kier molecular flexibility index (Phi) is 6.92. The monoisotopic (exact) mass is 456 g/mol. The molecule has 0 atom stereocenters. The summed E-state index contributed by atoms with van der Waals surface area (Å²) in [6, 6.07) is 36.4. The molecule has 0 radical (unpaired) electrons. The van der Waals surface area contributed by atoms with Crippen LogP contribution in [0.1, 0.15) is 5.56 Å². The zero-order valence-electron chi connectivity index (χ0n) is 17.9. The average molecular weight is 456 g/mol. The van der Waals surface area contributed by atoms with Crippen molar-refractivity contribution in [3.8, 4) is 0 Å². The van der Waals surface area contributed by atoms with Gasteiger partial charge in [0.05, 0.1) is 4.92 Å². The number of nitrogens with zero attached hydrogens (tertiary/aromatic N) is 1. The lowest BCUT2D eigenvalue weighted by atomic mass is 10.2. The molecule has 0 saturated carbocycles. The van der Waals surface area contributed by atoms with Gasteiger partial charge in [0.1, 0.15) is 29.8 Å². The Morgan fingerprint density at radius 2 is 1.12 bits per heavy atom. The second-order valence-corrected chi connectivity index (χ2v) is 11.0. The van der Waals surface area contributed by atoms with Gasteiger partial charge in [0.15, 0.2) is 6.16 Å². The van der Waals surface area contributed by atoms with E-state index < -0.39 is 12.2 Å². The molecule has 0 fully saturated rings. The number of benzene rings is 4. The normalized spacial score (nSPS) is 11.0. The van der Waals surface area contributed by atoms with Crippen LogP contribution in [0.25, 0.3) is 0 Å². The number of hydrogen-bond donors (Lipinski definition) is 0. The van der Waals surface area contributed by atoms with E-state index in [0.29, 0.717) is 5.56 Å². The van der Waals surface area contributed by atoms with E-state index in [0.717, 1.165) is 15.9 Å². The molecule has 0 aliphatic rings. The summed E-state index contributed by atoms with van der Waals surface area (Å²) in [4.78, 5) is 23.6. The Labute approximate surface area is 193 Å². The molecule has 4 aromatic rings. The van der Waals surface area contributed by atoms with Crippen molar-refractivity contribution in [3.63, 3.8) is 0 Å². The van der Waals surface area contributed by atoms with E-state index in [9.17, 15) is 14.9 Å². The minimum atomic E-state index is -2.32. The van der Waals surface area contributed by atoms with Gasteiger partial charge in [0.2, 0.25) is 0 Å². The van der Waals surface area contributed by atoms with Crippen molar-refractivity contribution in [2.45, 2.75) is 6.61 Å². The van der Waals surface area contributed by atoms with Crippen molar-refractivity contribution >= 4 is 34.8 Å². The third kappa shape index (κ3) is 5.00. The molecule has 6 heteroatoms. The fourth-order valence-corrected chi connectivity index (χ4v) is 7.85. The van der Waals surface area contributed by atoms with Crippen LogP contribution in [0.2, 0.25) is 0 Å². The first-order valence-corrected chi connectivity index (χ1v) is 12.5. The van der Waals surface area contributed by atoms with Gasteiger partial charge in [-0.1, -0.05) is 54.6 Å². The number of non-ortho nitro benzene ring substituents is 1. The van der Waals surface area contributed by atoms with Crippen molar-refractivity contribution < 1.29 is 14.5 Å². The maximum Gasteiger partial charge on any atom is 0.345 e. The van der Waals surface area contributed by atoms with Crippen LogP contribution in [0.15, 0.2) is 115 Å². The highest BCUT2D eigenvalue weighted by Gasteiger charge is 2.47. The predicted molar refractivity (Wildman–Crippen MR) is 133 cm³/mol. The van der Waals surface area contributed by atoms with Crippen molar-refractivity contribution in [1.29, 1.82) is 0 Å². The number of nitro benzene ring substituents is 1. The minimum absolute atomic E-state index is 0.00672. The fourth-order valence-electron chi connectivity index (χ4n) is 3.89. The lowest BCUT2D eigenvalue weighted by Crippen LogP contribution is -2.36. The van der Waals surface area contributed by atoms with E-state index in [2.05, 4.69) is 36.4 Å². The van der Waals surface area contributed by atoms with Gasteiger partial charge in [-0.3, -0.25) is 10.1 Å². The molecule has 0 bridgehead atoms. The highest BCUT2D eigenvalue weighted by Crippen LogP contribution is 2.55. The summed E-state index contributed by atoms with van der Waals surface area (Å²) in [5, 5.41) is 14.2. The van der Waals surface area contributed by atoms with E-state index in [1.54, 1.807) is 12.1 Å². The molecule has 0 spiro atoms. The molecule has 0 unspecified atom stereocenters. The number of nitro groups is 1. The molecule has 0 aliphatic heterocycles. The second-order valence-electron chi connectivity index (χ2n) is 7.56. The summed E-state index contributed by atoms with van der Waals surface area (Å²) in [5.41, 5.74) is 0.712. The molecule has 4 rings (SSSR count). The topological polar surface area (TPSA) is 69.4 Å².